The van der Waals surface area contributed by atoms with Gasteiger partial charge in [0.1, 0.15) is 0 Å². The highest BCUT2D eigenvalue weighted by Crippen LogP contribution is 2.29. The predicted octanol–water partition coefficient (Wildman–Crippen LogP) is 3.09. The SMILES string of the molecule is C=C(CBr)c1ccc2c(c1)CCN2C. The van der Waals surface area contributed by atoms with Crippen LogP contribution in [0.3, 0.4) is 0 Å². The van der Waals surface area contributed by atoms with Crippen LogP contribution < -0.4 is 4.90 Å². The van der Waals surface area contributed by atoms with Crippen molar-refractivity contribution in [3.63, 3.8) is 0 Å². The second-order valence-electron chi connectivity index (χ2n) is 3.75. The fourth-order valence-corrected chi connectivity index (χ4v) is 2.19. The van der Waals surface area contributed by atoms with Crippen LogP contribution in [-0.4, -0.2) is 18.9 Å². The normalized spacial score (nSPS) is 14.3. The van der Waals surface area contributed by atoms with Gasteiger partial charge >= 0.3 is 0 Å². The Morgan fingerprint density at radius 1 is 1.57 bits per heavy atom. The van der Waals surface area contributed by atoms with E-state index in [4.69, 9.17) is 0 Å². The second-order valence-corrected chi connectivity index (χ2v) is 4.31. The van der Waals surface area contributed by atoms with Gasteiger partial charge in [-0.05, 0) is 35.3 Å². The number of hydrogen-bond acceptors (Lipinski definition) is 1. The Balaban J connectivity index is 2.37. The maximum Gasteiger partial charge on any atom is 0.0397 e. The van der Waals surface area contributed by atoms with E-state index in [2.05, 4.69) is 52.7 Å². The Morgan fingerprint density at radius 3 is 3.07 bits per heavy atom. The number of nitrogens with zero attached hydrogens (tertiary/aromatic N) is 1. The Morgan fingerprint density at radius 2 is 2.36 bits per heavy atom. The number of benzene rings is 1. The molecule has 0 N–H and O–H groups in total. The van der Waals surface area contributed by atoms with Crippen molar-refractivity contribution < 1.29 is 0 Å². The van der Waals surface area contributed by atoms with Crippen molar-refractivity contribution in [2.45, 2.75) is 6.42 Å². The van der Waals surface area contributed by atoms with Gasteiger partial charge in [0.05, 0.1) is 0 Å². The molecule has 0 aromatic heterocycles. The Hall–Kier alpha value is -0.760. The summed E-state index contributed by atoms with van der Waals surface area (Å²) in [5.41, 5.74) is 5.24. The van der Waals surface area contributed by atoms with Crippen molar-refractivity contribution in [1.82, 2.24) is 0 Å². The largest absolute Gasteiger partial charge is 0.374 e. The van der Waals surface area contributed by atoms with Crippen LogP contribution in [0.2, 0.25) is 0 Å². The smallest absolute Gasteiger partial charge is 0.0397 e. The lowest BCUT2D eigenvalue weighted by atomic mass is 10.0. The molecular weight excluding hydrogens is 238 g/mol. The van der Waals surface area contributed by atoms with Crippen LogP contribution in [-0.2, 0) is 6.42 Å². The molecule has 1 heterocycles. The molecule has 14 heavy (non-hydrogen) atoms. The van der Waals surface area contributed by atoms with E-state index < -0.39 is 0 Å². The third-order valence-corrected chi connectivity index (χ3v) is 3.45. The van der Waals surface area contributed by atoms with Gasteiger partial charge in [0.25, 0.3) is 0 Å². The van der Waals surface area contributed by atoms with Crippen LogP contribution in [0.25, 0.3) is 5.57 Å². The molecule has 0 saturated heterocycles. The molecule has 74 valence electrons. The summed E-state index contributed by atoms with van der Waals surface area (Å²) >= 11 is 3.43. The van der Waals surface area contributed by atoms with Gasteiger partial charge in [0, 0.05) is 24.6 Å². The zero-order valence-corrected chi connectivity index (χ0v) is 9.97. The summed E-state index contributed by atoms with van der Waals surface area (Å²) < 4.78 is 0. The summed E-state index contributed by atoms with van der Waals surface area (Å²) in [6, 6.07) is 6.62. The minimum Gasteiger partial charge on any atom is -0.374 e. The zero-order chi connectivity index (χ0) is 10.1. The van der Waals surface area contributed by atoms with Crippen LogP contribution in [0.4, 0.5) is 5.69 Å². The summed E-state index contributed by atoms with van der Waals surface area (Å²) in [5, 5.41) is 0.849. The molecular formula is C12H14BrN. The van der Waals surface area contributed by atoms with Crippen LogP contribution in [0, 0.1) is 0 Å². The Bertz CT molecular complexity index is 371. The van der Waals surface area contributed by atoms with Gasteiger partial charge in [-0.2, -0.15) is 0 Å². The number of halogens is 1. The van der Waals surface area contributed by atoms with Crippen molar-refractivity contribution in [1.29, 1.82) is 0 Å². The number of fused-ring (bicyclic) bond motifs is 1. The molecule has 0 atom stereocenters. The van der Waals surface area contributed by atoms with Gasteiger partial charge in [0.2, 0.25) is 0 Å². The highest BCUT2D eigenvalue weighted by molar-refractivity contribution is 9.09. The third-order valence-electron chi connectivity index (χ3n) is 2.78. The van der Waals surface area contributed by atoms with Gasteiger partial charge < -0.3 is 4.90 Å². The van der Waals surface area contributed by atoms with Crippen molar-refractivity contribution in [2.24, 2.45) is 0 Å². The van der Waals surface area contributed by atoms with Crippen molar-refractivity contribution >= 4 is 27.2 Å². The fraction of sp³-hybridized carbons (Fsp3) is 0.333. The van der Waals surface area contributed by atoms with E-state index in [1.165, 1.54) is 16.8 Å². The number of alkyl halides is 1. The predicted molar refractivity (Wildman–Crippen MR) is 66.2 cm³/mol. The van der Waals surface area contributed by atoms with E-state index in [1.54, 1.807) is 0 Å². The van der Waals surface area contributed by atoms with E-state index in [1.807, 2.05) is 0 Å². The van der Waals surface area contributed by atoms with Crippen LogP contribution in [0.15, 0.2) is 24.8 Å². The summed E-state index contributed by atoms with van der Waals surface area (Å²) in [6.45, 7) is 5.17. The first-order chi connectivity index (χ1) is 6.72. The number of hydrogen-bond donors (Lipinski definition) is 0. The molecule has 0 fully saturated rings. The average Bonchev–Trinajstić information content (AvgIpc) is 2.59. The number of likely N-dealkylation sites (N-methyl/N-ethyl adjacent to an activating group) is 1. The van der Waals surface area contributed by atoms with Crippen LogP contribution >= 0.6 is 15.9 Å². The van der Waals surface area contributed by atoms with Crippen LogP contribution in [0.5, 0.6) is 0 Å². The maximum atomic E-state index is 4.03. The first kappa shape index (κ1) is 9.78. The number of allylic oxidation sites excluding steroid dienone is 1. The minimum absolute atomic E-state index is 0.849. The van der Waals surface area contributed by atoms with Crippen molar-refractivity contribution in [3.8, 4) is 0 Å². The molecule has 2 heteroatoms. The van der Waals surface area contributed by atoms with E-state index in [0.29, 0.717) is 0 Å². The van der Waals surface area contributed by atoms with Gasteiger partial charge in [-0.15, -0.1) is 0 Å². The first-order valence-corrected chi connectivity index (χ1v) is 5.92. The molecule has 0 saturated carbocycles. The highest BCUT2D eigenvalue weighted by Gasteiger charge is 2.15. The zero-order valence-electron chi connectivity index (χ0n) is 8.39. The van der Waals surface area contributed by atoms with Gasteiger partial charge in [-0.25, -0.2) is 0 Å². The van der Waals surface area contributed by atoms with Gasteiger partial charge in [0.15, 0.2) is 0 Å². The molecule has 0 bridgehead atoms. The molecule has 1 aliphatic heterocycles. The standard InChI is InChI=1S/C12H14BrN/c1-9(8-13)10-3-4-12-11(7-10)5-6-14(12)2/h3-4,7H,1,5-6,8H2,2H3. The molecule has 1 aliphatic rings. The van der Waals surface area contributed by atoms with Crippen LogP contribution in [0.1, 0.15) is 11.1 Å². The van der Waals surface area contributed by atoms with E-state index in [0.717, 1.165) is 23.9 Å². The Kier molecular flexibility index (Phi) is 2.64. The summed E-state index contributed by atoms with van der Waals surface area (Å²) in [7, 11) is 2.14. The van der Waals surface area contributed by atoms with Crippen molar-refractivity contribution in [3.05, 3.63) is 35.9 Å². The van der Waals surface area contributed by atoms with E-state index in [-0.39, 0.29) is 0 Å². The molecule has 0 amide bonds. The lowest BCUT2D eigenvalue weighted by Crippen LogP contribution is -2.12. The highest BCUT2D eigenvalue weighted by atomic mass is 79.9. The summed E-state index contributed by atoms with van der Waals surface area (Å²) in [5.74, 6) is 0. The van der Waals surface area contributed by atoms with Gasteiger partial charge in [-0.3, -0.25) is 0 Å². The number of anilines is 1. The molecule has 2 rings (SSSR count). The lowest BCUT2D eigenvalue weighted by Gasteiger charge is -2.12. The lowest BCUT2D eigenvalue weighted by molar-refractivity contribution is 0.956. The molecule has 0 unspecified atom stereocenters. The quantitative estimate of drug-likeness (QED) is 0.731. The summed E-state index contributed by atoms with van der Waals surface area (Å²) in [6.07, 6.45) is 1.16. The topological polar surface area (TPSA) is 3.24 Å². The third kappa shape index (κ3) is 1.59. The monoisotopic (exact) mass is 251 g/mol. The first-order valence-electron chi connectivity index (χ1n) is 4.80. The van der Waals surface area contributed by atoms with E-state index in [9.17, 15) is 0 Å². The van der Waals surface area contributed by atoms with E-state index >= 15 is 0 Å². The minimum atomic E-state index is 0.849. The molecule has 0 spiro atoms. The van der Waals surface area contributed by atoms with Crippen molar-refractivity contribution in [2.75, 3.05) is 23.8 Å². The molecule has 1 aromatic carbocycles. The summed E-state index contributed by atoms with van der Waals surface area (Å²) in [4.78, 5) is 2.30. The maximum absolute atomic E-state index is 4.03. The molecule has 1 nitrogen and oxygen atoms in total. The fourth-order valence-electron chi connectivity index (χ4n) is 1.86. The van der Waals surface area contributed by atoms with Gasteiger partial charge in [-0.1, -0.05) is 28.6 Å². The molecule has 1 aromatic rings. The Labute approximate surface area is 93.6 Å². The molecule has 0 radical (unpaired) electrons. The second kappa shape index (κ2) is 3.77. The average molecular weight is 252 g/mol. The number of rotatable bonds is 2. The molecule has 0 aliphatic carbocycles.